The molecule has 0 amide bonds. The molecule has 0 saturated carbocycles. The molecule has 0 aliphatic carbocycles. The van der Waals surface area contributed by atoms with E-state index in [1.54, 1.807) is 6.92 Å². The fraction of sp³-hybridized carbons (Fsp3) is 0.417. The summed E-state index contributed by atoms with van der Waals surface area (Å²) in [6.45, 7) is 1.66. The van der Waals surface area contributed by atoms with Crippen molar-refractivity contribution in [2.75, 3.05) is 13.7 Å². The second-order valence-electron chi connectivity index (χ2n) is 3.76. The first-order valence-corrected chi connectivity index (χ1v) is 5.22. The first kappa shape index (κ1) is 14.3. The number of hydrogen-bond donors (Lipinski definition) is 0. The molecule has 0 aliphatic rings. The van der Waals surface area contributed by atoms with Gasteiger partial charge in [-0.25, -0.2) is 0 Å². The minimum absolute atomic E-state index is 0.0536. The van der Waals surface area contributed by atoms with Crippen LogP contribution >= 0.6 is 0 Å². The van der Waals surface area contributed by atoms with Gasteiger partial charge < -0.3 is 9.47 Å². The summed E-state index contributed by atoms with van der Waals surface area (Å²) in [5.41, 5.74) is -0.740. The number of esters is 1. The molecule has 1 atom stereocenters. The van der Waals surface area contributed by atoms with Crippen molar-refractivity contribution in [2.24, 2.45) is 5.92 Å². The van der Waals surface area contributed by atoms with Crippen molar-refractivity contribution in [3.8, 4) is 5.75 Å². The molecule has 0 aliphatic heterocycles. The molecule has 3 nitrogen and oxygen atoms in total. The molecule has 6 heteroatoms. The van der Waals surface area contributed by atoms with Crippen LogP contribution in [0.2, 0.25) is 0 Å². The molecule has 0 heterocycles. The maximum absolute atomic E-state index is 12.3. The standard InChI is InChI=1S/C12H13F3O3/c1-8(11(16)17-2)7-18-10-5-3-9(4-6-10)12(13,14)15/h3-6,8H,7H2,1-2H3. The van der Waals surface area contributed by atoms with Gasteiger partial charge in [0.1, 0.15) is 12.4 Å². The van der Waals surface area contributed by atoms with Crippen molar-refractivity contribution >= 4 is 5.97 Å². The molecular formula is C12H13F3O3. The summed E-state index contributed by atoms with van der Waals surface area (Å²) in [6.07, 6.45) is -4.36. The van der Waals surface area contributed by atoms with E-state index >= 15 is 0 Å². The molecular weight excluding hydrogens is 249 g/mol. The summed E-state index contributed by atoms with van der Waals surface area (Å²) in [4.78, 5) is 11.1. The maximum Gasteiger partial charge on any atom is 0.416 e. The molecule has 1 rings (SSSR count). The smallest absolute Gasteiger partial charge is 0.416 e. The van der Waals surface area contributed by atoms with E-state index in [4.69, 9.17) is 4.74 Å². The SMILES string of the molecule is COC(=O)C(C)COc1ccc(C(F)(F)F)cc1. The highest BCUT2D eigenvalue weighted by Crippen LogP contribution is 2.30. The van der Waals surface area contributed by atoms with Crippen LogP contribution in [0.5, 0.6) is 5.75 Å². The monoisotopic (exact) mass is 262 g/mol. The normalized spacial score (nSPS) is 12.9. The van der Waals surface area contributed by atoms with Crippen LogP contribution in [0.1, 0.15) is 12.5 Å². The van der Waals surface area contributed by atoms with Crippen LogP contribution in [-0.4, -0.2) is 19.7 Å². The van der Waals surface area contributed by atoms with Crippen LogP contribution in [0, 0.1) is 5.92 Å². The summed E-state index contributed by atoms with van der Waals surface area (Å²) in [5, 5.41) is 0. The zero-order valence-electron chi connectivity index (χ0n) is 9.95. The number of methoxy groups -OCH3 is 1. The van der Waals surface area contributed by atoms with Crippen molar-refractivity contribution in [3.63, 3.8) is 0 Å². The summed E-state index contributed by atoms with van der Waals surface area (Å²) in [7, 11) is 1.26. The summed E-state index contributed by atoms with van der Waals surface area (Å²) in [5.74, 6) is -0.627. The largest absolute Gasteiger partial charge is 0.493 e. The third kappa shape index (κ3) is 3.94. The molecule has 0 bridgehead atoms. The van der Waals surface area contributed by atoms with Gasteiger partial charge in [0.05, 0.1) is 18.6 Å². The molecule has 0 spiro atoms. The number of carbonyl (C=O) groups excluding carboxylic acids is 1. The predicted octanol–water partition coefficient (Wildman–Crippen LogP) is 2.89. The Morgan fingerprint density at radius 3 is 2.28 bits per heavy atom. The Bertz CT molecular complexity index is 398. The first-order chi connectivity index (χ1) is 8.34. The van der Waals surface area contributed by atoms with Crippen LogP contribution in [0.25, 0.3) is 0 Å². The van der Waals surface area contributed by atoms with Crippen molar-refractivity contribution in [1.82, 2.24) is 0 Å². The van der Waals surface area contributed by atoms with Gasteiger partial charge in [0.25, 0.3) is 0 Å². The Balaban J connectivity index is 2.57. The quantitative estimate of drug-likeness (QED) is 0.783. The molecule has 0 aromatic heterocycles. The lowest BCUT2D eigenvalue weighted by Crippen LogP contribution is -2.20. The average molecular weight is 262 g/mol. The van der Waals surface area contributed by atoms with Crippen LogP contribution in [0.3, 0.4) is 0 Å². The highest BCUT2D eigenvalue weighted by Gasteiger charge is 2.30. The van der Waals surface area contributed by atoms with Gasteiger partial charge in [-0.3, -0.25) is 4.79 Å². The number of benzene rings is 1. The molecule has 1 unspecified atom stereocenters. The highest BCUT2D eigenvalue weighted by molar-refractivity contribution is 5.71. The third-order valence-corrected chi connectivity index (χ3v) is 2.29. The number of carbonyl (C=O) groups is 1. The number of hydrogen-bond acceptors (Lipinski definition) is 3. The van der Waals surface area contributed by atoms with Gasteiger partial charge in [-0.1, -0.05) is 0 Å². The Labute approximate surface area is 103 Å². The molecule has 0 N–H and O–H groups in total. The molecule has 0 fully saturated rings. The molecule has 0 radical (unpaired) electrons. The summed E-state index contributed by atoms with van der Waals surface area (Å²) >= 11 is 0. The predicted molar refractivity (Wildman–Crippen MR) is 58.1 cm³/mol. The lowest BCUT2D eigenvalue weighted by molar-refractivity contribution is -0.145. The van der Waals surface area contributed by atoms with Crippen molar-refractivity contribution in [1.29, 1.82) is 0 Å². The Morgan fingerprint density at radius 2 is 1.83 bits per heavy atom. The fourth-order valence-electron chi connectivity index (χ4n) is 1.23. The Morgan fingerprint density at radius 1 is 1.28 bits per heavy atom. The number of alkyl halides is 3. The van der Waals surface area contributed by atoms with Crippen molar-refractivity contribution in [3.05, 3.63) is 29.8 Å². The summed E-state index contributed by atoms with van der Waals surface area (Å²) < 4.78 is 46.5. The fourth-order valence-corrected chi connectivity index (χ4v) is 1.23. The third-order valence-electron chi connectivity index (χ3n) is 2.29. The molecule has 0 saturated heterocycles. The van der Waals surface area contributed by atoms with E-state index < -0.39 is 23.6 Å². The lowest BCUT2D eigenvalue weighted by Gasteiger charge is -2.12. The van der Waals surface area contributed by atoms with E-state index in [9.17, 15) is 18.0 Å². The second-order valence-corrected chi connectivity index (χ2v) is 3.76. The molecule has 100 valence electrons. The van der Waals surface area contributed by atoms with E-state index in [0.717, 1.165) is 12.1 Å². The van der Waals surface area contributed by atoms with Crippen molar-refractivity contribution in [2.45, 2.75) is 13.1 Å². The highest BCUT2D eigenvalue weighted by atomic mass is 19.4. The Hall–Kier alpha value is -1.72. The average Bonchev–Trinajstić information content (AvgIpc) is 2.34. The van der Waals surface area contributed by atoms with E-state index in [2.05, 4.69) is 4.74 Å². The summed E-state index contributed by atoms with van der Waals surface area (Å²) in [6, 6.07) is 4.29. The van der Waals surface area contributed by atoms with E-state index in [-0.39, 0.29) is 12.4 Å². The first-order valence-electron chi connectivity index (χ1n) is 5.22. The van der Waals surface area contributed by atoms with Crippen molar-refractivity contribution < 1.29 is 27.4 Å². The Kier molecular flexibility index (Phi) is 4.58. The van der Waals surface area contributed by atoms with Crippen LogP contribution in [0.4, 0.5) is 13.2 Å². The van der Waals surface area contributed by atoms with E-state index in [1.807, 2.05) is 0 Å². The minimum Gasteiger partial charge on any atom is -0.493 e. The van der Waals surface area contributed by atoms with Gasteiger partial charge >= 0.3 is 12.1 Å². The van der Waals surface area contributed by atoms with E-state index in [0.29, 0.717) is 0 Å². The van der Waals surface area contributed by atoms with Crippen LogP contribution < -0.4 is 4.74 Å². The van der Waals surface area contributed by atoms with Gasteiger partial charge in [-0.05, 0) is 31.2 Å². The number of rotatable bonds is 4. The van der Waals surface area contributed by atoms with Crippen LogP contribution in [-0.2, 0) is 15.7 Å². The number of halogens is 3. The van der Waals surface area contributed by atoms with Gasteiger partial charge in [-0.2, -0.15) is 13.2 Å². The van der Waals surface area contributed by atoms with Gasteiger partial charge in [0.2, 0.25) is 0 Å². The van der Waals surface area contributed by atoms with Gasteiger partial charge in [-0.15, -0.1) is 0 Å². The second kappa shape index (κ2) is 5.75. The van der Waals surface area contributed by atoms with Crippen LogP contribution in [0.15, 0.2) is 24.3 Å². The van der Waals surface area contributed by atoms with E-state index in [1.165, 1.54) is 19.2 Å². The molecule has 18 heavy (non-hydrogen) atoms. The zero-order chi connectivity index (χ0) is 13.8. The zero-order valence-corrected chi connectivity index (χ0v) is 9.95. The lowest BCUT2D eigenvalue weighted by atomic mass is 10.2. The topological polar surface area (TPSA) is 35.5 Å². The maximum atomic E-state index is 12.3. The molecule has 1 aromatic carbocycles. The van der Waals surface area contributed by atoms with Gasteiger partial charge in [0, 0.05) is 0 Å². The number of ether oxygens (including phenoxy) is 2. The molecule has 1 aromatic rings. The minimum atomic E-state index is -4.36. The van der Waals surface area contributed by atoms with Gasteiger partial charge in [0.15, 0.2) is 0 Å².